The van der Waals surface area contributed by atoms with Crippen LogP contribution in [0.1, 0.15) is 17.7 Å². The van der Waals surface area contributed by atoms with Crippen LogP contribution in [0.2, 0.25) is 0 Å². The Morgan fingerprint density at radius 2 is 2.08 bits per heavy atom. The maximum absolute atomic E-state index is 13.0. The molecule has 5 heteroatoms. The molecule has 1 aromatic heterocycles. The number of hydrogen-bond donors (Lipinski definition) is 0. The second kappa shape index (κ2) is 3.59. The molecule has 0 spiro atoms. The van der Waals surface area contributed by atoms with Gasteiger partial charge < -0.3 is 0 Å². The van der Waals surface area contributed by atoms with Crippen LogP contribution in [-0.4, -0.2) is 4.98 Å². The number of hydrogen-bond acceptors (Lipinski definition) is 1. The standard InChI is InChI=1S/C7H5F3IN/c1-3-2-12-6(7(9)10)4(8)5(3)11/h2,7H,1H3. The summed E-state index contributed by atoms with van der Waals surface area (Å²) in [6.07, 6.45) is -1.61. The molecule has 0 aromatic carbocycles. The molecule has 0 unspecified atom stereocenters. The number of aryl methyl sites for hydroxylation is 1. The van der Waals surface area contributed by atoms with E-state index in [1.807, 2.05) is 0 Å². The zero-order chi connectivity index (χ0) is 9.30. The summed E-state index contributed by atoms with van der Waals surface area (Å²) in [6, 6.07) is 0. The maximum Gasteiger partial charge on any atom is 0.283 e. The van der Waals surface area contributed by atoms with E-state index in [-0.39, 0.29) is 3.57 Å². The third kappa shape index (κ3) is 1.70. The summed E-state index contributed by atoms with van der Waals surface area (Å²) in [4.78, 5) is 3.31. The van der Waals surface area contributed by atoms with E-state index in [0.29, 0.717) is 5.56 Å². The van der Waals surface area contributed by atoms with Crippen LogP contribution in [0.25, 0.3) is 0 Å². The number of nitrogens with zero attached hydrogens (tertiary/aromatic N) is 1. The second-order valence-electron chi connectivity index (χ2n) is 2.26. The molecule has 0 saturated heterocycles. The first kappa shape index (κ1) is 9.76. The van der Waals surface area contributed by atoms with Crippen molar-refractivity contribution in [3.8, 4) is 0 Å². The van der Waals surface area contributed by atoms with E-state index in [4.69, 9.17) is 0 Å². The van der Waals surface area contributed by atoms with Crippen LogP contribution in [0.3, 0.4) is 0 Å². The van der Waals surface area contributed by atoms with Crippen LogP contribution in [0, 0.1) is 16.3 Å². The van der Waals surface area contributed by atoms with Crippen molar-refractivity contribution in [3.05, 3.63) is 26.8 Å². The van der Waals surface area contributed by atoms with Gasteiger partial charge >= 0.3 is 0 Å². The molecular formula is C7H5F3IN. The van der Waals surface area contributed by atoms with Gasteiger partial charge in [-0.2, -0.15) is 0 Å². The van der Waals surface area contributed by atoms with E-state index in [9.17, 15) is 13.2 Å². The van der Waals surface area contributed by atoms with Gasteiger partial charge in [-0.05, 0) is 35.1 Å². The van der Waals surface area contributed by atoms with Crippen LogP contribution in [-0.2, 0) is 0 Å². The van der Waals surface area contributed by atoms with Crippen molar-refractivity contribution in [2.45, 2.75) is 13.3 Å². The molecule has 1 heterocycles. The van der Waals surface area contributed by atoms with Gasteiger partial charge in [0.05, 0.1) is 3.57 Å². The lowest BCUT2D eigenvalue weighted by Gasteiger charge is -2.04. The zero-order valence-corrected chi connectivity index (χ0v) is 8.27. The van der Waals surface area contributed by atoms with Crippen LogP contribution < -0.4 is 0 Å². The molecule has 0 atom stereocenters. The summed E-state index contributed by atoms with van der Waals surface area (Å²) < 4.78 is 37.2. The minimum absolute atomic E-state index is 0.206. The summed E-state index contributed by atoms with van der Waals surface area (Å²) in [7, 11) is 0. The van der Waals surface area contributed by atoms with Gasteiger partial charge in [-0.1, -0.05) is 0 Å². The molecule has 1 rings (SSSR count). The lowest BCUT2D eigenvalue weighted by molar-refractivity contribution is 0.140. The molecule has 0 aliphatic heterocycles. The molecule has 0 N–H and O–H groups in total. The summed E-state index contributed by atoms with van der Waals surface area (Å²) in [6.45, 7) is 1.62. The number of halogens is 4. The highest BCUT2D eigenvalue weighted by molar-refractivity contribution is 14.1. The highest BCUT2D eigenvalue weighted by atomic mass is 127. The van der Waals surface area contributed by atoms with Crippen molar-refractivity contribution in [3.63, 3.8) is 0 Å². The average Bonchev–Trinajstić information content (AvgIpc) is 2.00. The fraction of sp³-hybridized carbons (Fsp3) is 0.286. The van der Waals surface area contributed by atoms with Crippen LogP contribution in [0.5, 0.6) is 0 Å². The highest BCUT2D eigenvalue weighted by Crippen LogP contribution is 2.24. The van der Waals surface area contributed by atoms with Gasteiger partial charge in [-0.15, -0.1) is 0 Å². The highest BCUT2D eigenvalue weighted by Gasteiger charge is 2.18. The molecular weight excluding hydrogens is 282 g/mol. The second-order valence-corrected chi connectivity index (χ2v) is 3.33. The third-order valence-electron chi connectivity index (χ3n) is 1.37. The van der Waals surface area contributed by atoms with Gasteiger partial charge in [0.2, 0.25) is 0 Å². The first-order chi connectivity index (χ1) is 5.54. The quantitative estimate of drug-likeness (QED) is 0.723. The lowest BCUT2D eigenvalue weighted by atomic mass is 10.2. The van der Waals surface area contributed by atoms with E-state index in [1.165, 1.54) is 6.20 Å². The zero-order valence-electron chi connectivity index (χ0n) is 6.11. The van der Waals surface area contributed by atoms with Gasteiger partial charge in [0, 0.05) is 6.20 Å². The lowest BCUT2D eigenvalue weighted by Crippen LogP contribution is -1.99. The molecule has 0 bridgehead atoms. The Hall–Kier alpha value is -0.330. The van der Waals surface area contributed by atoms with Crippen molar-refractivity contribution in [2.75, 3.05) is 0 Å². The summed E-state index contributed by atoms with van der Waals surface area (Å²) in [5, 5.41) is 0. The fourth-order valence-electron chi connectivity index (χ4n) is 0.717. The number of alkyl halides is 2. The Morgan fingerprint density at radius 3 is 2.58 bits per heavy atom. The van der Waals surface area contributed by atoms with Crippen molar-refractivity contribution in [1.82, 2.24) is 4.98 Å². The SMILES string of the molecule is Cc1cnc(C(F)F)c(F)c1I. The monoisotopic (exact) mass is 287 g/mol. The Kier molecular flexibility index (Phi) is 2.92. The van der Waals surface area contributed by atoms with E-state index in [0.717, 1.165) is 0 Å². The molecule has 0 fully saturated rings. The molecule has 0 aliphatic carbocycles. The number of pyridine rings is 1. The molecule has 66 valence electrons. The predicted octanol–water partition coefficient (Wildman–Crippen LogP) is 3.07. The normalized spacial score (nSPS) is 10.8. The van der Waals surface area contributed by atoms with Crippen LogP contribution >= 0.6 is 22.6 Å². The predicted molar refractivity (Wildman–Crippen MR) is 46.6 cm³/mol. The van der Waals surface area contributed by atoms with Crippen LogP contribution in [0.15, 0.2) is 6.20 Å². The molecule has 0 amide bonds. The minimum Gasteiger partial charge on any atom is -0.252 e. The number of rotatable bonds is 1. The van der Waals surface area contributed by atoms with Gasteiger partial charge in [0.1, 0.15) is 5.69 Å². The summed E-state index contributed by atoms with van der Waals surface area (Å²) in [5.41, 5.74) is -0.206. The summed E-state index contributed by atoms with van der Waals surface area (Å²) >= 11 is 1.68. The average molecular weight is 287 g/mol. The molecule has 0 aliphatic rings. The Morgan fingerprint density at radius 1 is 1.50 bits per heavy atom. The van der Waals surface area contributed by atoms with E-state index < -0.39 is 17.9 Å². The van der Waals surface area contributed by atoms with Crippen molar-refractivity contribution < 1.29 is 13.2 Å². The Bertz CT molecular complexity index is 301. The van der Waals surface area contributed by atoms with Gasteiger partial charge in [-0.3, -0.25) is 4.98 Å². The topological polar surface area (TPSA) is 12.9 Å². The fourth-order valence-corrected chi connectivity index (χ4v) is 1.13. The first-order valence-corrected chi connectivity index (χ1v) is 4.20. The van der Waals surface area contributed by atoms with Crippen molar-refractivity contribution in [2.24, 2.45) is 0 Å². The Labute approximate surface area is 81.1 Å². The molecule has 1 aromatic rings. The molecule has 0 saturated carbocycles. The molecule has 12 heavy (non-hydrogen) atoms. The Balaban J connectivity index is 3.27. The molecule has 0 radical (unpaired) electrons. The van der Waals surface area contributed by atoms with Gasteiger partial charge in [-0.25, -0.2) is 13.2 Å². The van der Waals surface area contributed by atoms with Gasteiger partial charge in [0.15, 0.2) is 5.82 Å². The van der Waals surface area contributed by atoms with Crippen molar-refractivity contribution >= 4 is 22.6 Å². The maximum atomic E-state index is 13.0. The smallest absolute Gasteiger partial charge is 0.252 e. The number of aromatic nitrogens is 1. The van der Waals surface area contributed by atoms with E-state index in [2.05, 4.69) is 4.98 Å². The van der Waals surface area contributed by atoms with E-state index >= 15 is 0 Å². The van der Waals surface area contributed by atoms with Gasteiger partial charge in [0.25, 0.3) is 6.43 Å². The van der Waals surface area contributed by atoms with E-state index in [1.54, 1.807) is 29.5 Å². The largest absolute Gasteiger partial charge is 0.283 e. The van der Waals surface area contributed by atoms with Crippen LogP contribution in [0.4, 0.5) is 13.2 Å². The third-order valence-corrected chi connectivity index (χ3v) is 2.69. The van der Waals surface area contributed by atoms with Crippen molar-refractivity contribution in [1.29, 1.82) is 0 Å². The molecule has 1 nitrogen and oxygen atoms in total. The minimum atomic E-state index is -2.85. The summed E-state index contributed by atoms with van der Waals surface area (Å²) in [5.74, 6) is -0.911. The first-order valence-electron chi connectivity index (χ1n) is 3.12.